The van der Waals surface area contributed by atoms with Gasteiger partial charge >= 0.3 is 6.09 Å². The second kappa shape index (κ2) is 8.72. The molecule has 0 saturated carbocycles. The summed E-state index contributed by atoms with van der Waals surface area (Å²) in [5, 5.41) is 10.8. The molecular weight excluding hydrogens is 278 g/mol. The summed E-state index contributed by atoms with van der Waals surface area (Å²) in [7, 11) is 0. The number of unbranched alkanes of at least 4 members (excludes halogenated alkanes) is 1. The highest BCUT2D eigenvalue weighted by Gasteiger charge is 1.98. The first-order valence-electron chi connectivity index (χ1n) is 7.46. The maximum absolute atomic E-state index is 10.3. The van der Waals surface area contributed by atoms with Crippen LogP contribution in [0.2, 0.25) is 0 Å². The van der Waals surface area contributed by atoms with Gasteiger partial charge in [-0.05, 0) is 42.5 Å². The molecule has 0 atom stereocenters. The summed E-state index contributed by atoms with van der Waals surface area (Å²) >= 11 is 0. The Bertz CT molecular complexity index is 567. The lowest BCUT2D eigenvalue weighted by Gasteiger charge is -2.07. The van der Waals surface area contributed by atoms with Gasteiger partial charge in [0, 0.05) is 6.54 Å². The van der Waals surface area contributed by atoms with Gasteiger partial charge in [-0.3, -0.25) is 0 Å². The highest BCUT2D eigenvalue weighted by Crippen LogP contribution is 2.15. The monoisotopic (exact) mass is 299 g/mol. The van der Waals surface area contributed by atoms with Crippen molar-refractivity contribution in [2.24, 2.45) is 0 Å². The maximum atomic E-state index is 10.3. The highest BCUT2D eigenvalue weighted by molar-refractivity contribution is 5.64. The molecule has 2 aromatic carbocycles. The van der Waals surface area contributed by atoms with Crippen LogP contribution in [0.25, 0.3) is 0 Å². The van der Waals surface area contributed by atoms with Crippen molar-refractivity contribution in [1.82, 2.24) is 5.32 Å². The molecule has 2 N–H and O–H groups in total. The lowest BCUT2D eigenvalue weighted by molar-refractivity contribution is 0.194. The first kappa shape index (κ1) is 15.9. The van der Waals surface area contributed by atoms with Gasteiger partial charge in [-0.1, -0.05) is 42.5 Å². The van der Waals surface area contributed by atoms with E-state index in [1.807, 2.05) is 42.5 Å². The highest BCUT2D eigenvalue weighted by atomic mass is 16.5. The van der Waals surface area contributed by atoms with Crippen LogP contribution >= 0.6 is 0 Å². The molecular formula is C18H21NO3. The molecule has 0 spiro atoms. The van der Waals surface area contributed by atoms with Crippen molar-refractivity contribution in [3.63, 3.8) is 0 Å². The first-order valence-corrected chi connectivity index (χ1v) is 7.46. The lowest BCUT2D eigenvalue weighted by atomic mass is 10.1. The van der Waals surface area contributed by atoms with Crippen molar-refractivity contribution in [2.75, 3.05) is 6.54 Å². The minimum Gasteiger partial charge on any atom is -0.489 e. The average molecular weight is 299 g/mol. The summed E-state index contributed by atoms with van der Waals surface area (Å²) in [6, 6.07) is 18.2. The summed E-state index contributed by atoms with van der Waals surface area (Å²) in [6.45, 7) is 1.08. The molecule has 116 valence electrons. The van der Waals surface area contributed by atoms with E-state index < -0.39 is 6.09 Å². The van der Waals surface area contributed by atoms with E-state index in [0.29, 0.717) is 13.2 Å². The smallest absolute Gasteiger partial charge is 0.404 e. The number of nitrogens with one attached hydrogen (secondary N) is 1. The van der Waals surface area contributed by atoms with Gasteiger partial charge in [-0.15, -0.1) is 0 Å². The number of hydrogen-bond acceptors (Lipinski definition) is 2. The standard InChI is InChI=1S/C18H21NO3/c20-18(21)19-13-5-4-6-15-9-11-17(12-10-15)22-14-16-7-2-1-3-8-16/h1-3,7-12,19H,4-6,13-14H2,(H,20,21). The van der Waals surface area contributed by atoms with Gasteiger partial charge in [0.15, 0.2) is 0 Å². The van der Waals surface area contributed by atoms with Crippen LogP contribution < -0.4 is 10.1 Å². The first-order chi connectivity index (χ1) is 10.7. The number of ether oxygens (including phenoxy) is 1. The molecule has 0 aliphatic heterocycles. The number of amides is 1. The average Bonchev–Trinajstić information content (AvgIpc) is 2.54. The second-order valence-corrected chi connectivity index (χ2v) is 5.11. The zero-order valence-electron chi connectivity index (χ0n) is 12.5. The fourth-order valence-electron chi connectivity index (χ4n) is 2.14. The van der Waals surface area contributed by atoms with Crippen molar-refractivity contribution in [3.05, 3.63) is 65.7 Å². The van der Waals surface area contributed by atoms with Crippen LogP contribution in [0, 0.1) is 0 Å². The minimum atomic E-state index is -0.958. The molecule has 0 unspecified atom stereocenters. The van der Waals surface area contributed by atoms with E-state index in [0.717, 1.165) is 30.6 Å². The third-order valence-corrected chi connectivity index (χ3v) is 3.34. The Labute approximate surface area is 130 Å². The van der Waals surface area contributed by atoms with Crippen molar-refractivity contribution in [1.29, 1.82) is 0 Å². The van der Waals surface area contributed by atoms with Gasteiger partial charge in [-0.2, -0.15) is 0 Å². The van der Waals surface area contributed by atoms with Crippen molar-refractivity contribution in [3.8, 4) is 5.75 Å². The molecule has 22 heavy (non-hydrogen) atoms. The number of carbonyl (C=O) groups is 1. The van der Waals surface area contributed by atoms with Crippen molar-refractivity contribution in [2.45, 2.75) is 25.9 Å². The third-order valence-electron chi connectivity index (χ3n) is 3.34. The third kappa shape index (κ3) is 5.87. The molecule has 4 nitrogen and oxygen atoms in total. The number of hydrogen-bond donors (Lipinski definition) is 2. The summed E-state index contributed by atoms with van der Waals surface area (Å²) in [6.07, 6.45) is 1.79. The van der Waals surface area contributed by atoms with Crippen LogP contribution in [0.15, 0.2) is 54.6 Å². The van der Waals surface area contributed by atoms with E-state index in [2.05, 4.69) is 17.4 Å². The van der Waals surface area contributed by atoms with Gasteiger partial charge in [-0.25, -0.2) is 4.79 Å². The molecule has 0 aliphatic carbocycles. The Morgan fingerprint density at radius 3 is 2.36 bits per heavy atom. The Balaban J connectivity index is 1.70. The summed E-state index contributed by atoms with van der Waals surface area (Å²) in [4.78, 5) is 10.3. The SMILES string of the molecule is O=C(O)NCCCCc1ccc(OCc2ccccc2)cc1. The molecule has 0 saturated heterocycles. The lowest BCUT2D eigenvalue weighted by Crippen LogP contribution is -2.21. The number of rotatable bonds is 8. The Morgan fingerprint density at radius 1 is 0.955 bits per heavy atom. The topological polar surface area (TPSA) is 58.6 Å². The van der Waals surface area contributed by atoms with Gasteiger partial charge < -0.3 is 15.2 Å². The zero-order chi connectivity index (χ0) is 15.6. The molecule has 0 bridgehead atoms. The van der Waals surface area contributed by atoms with Gasteiger partial charge in [0.2, 0.25) is 0 Å². The molecule has 1 amide bonds. The molecule has 0 aromatic heterocycles. The fourth-order valence-corrected chi connectivity index (χ4v) is 2.14. The van der Waals surface area contributed by atoms with Crippen LogP contribution in [0.5, 0.6) is 5.75 Å². The van der Waals surface area contributed by atoms with E-state index in [1.165, 1.54) is 5.56 Å². The quantitative estimate of drug-likeness (QED) is 0.728. The van der Waals surface area contributed by atoms with Crippen molar-refractivity contribution < 1.29 is 14.6 Å². The van der Waals surface area contributed by atoms with E-state index in [4.69, 9.17) is 9.84 Å². The second-order valence-electron chi connectivity index (χ2n) is 5.11. The normalized spacial score (nSPS) is 10.2. The molecule has 0 aliphatic rings. The Morgan fingerprint density at radius 2 is 1.68 bits per heavy atom. The van der Waals surface area contributed by atoms with E-state index in [1.54, 1.807) is 0 Å². The number of benzene rings is 2. The van der Waals surface area contributed by atoms with E-state index >= 15 is 0 Å². The van der Waals surface area contributed by atoms with Gasteiger partial charge in [0.1, 0.15) is 12.4 Å². The van der Waals surface area contributed by atoms with Gasteiger partial charge in [0.25, 0.3) is 0 Å². The molecule has 0 fully saturated rings. The number of aryl methyl sites for hydroxylation is 1. The molecule has 4 heteroatoms. The summed E-state index contributed by atoms with van der Waals surface area (Å²) < 4.78 is 5.74. The van der Waals surface area contributed by atoms with E-state index in [-0.39, 0.29) is 0 Å². The van der Waals surface area contributed by atoms with Crippen LogP contribution in [-0.4, -0.2) is 17.7 Å². The zero-order valence-corrected chi connectivity index (χ0v) is 12.5. The van der Waals surface area contributed by atoms with Crippen LogP contribution in [0.4, 0.5) is 4.79 Å². The predicted octanol–water partition coefficient (Wildman–Crippen LogP) is 3.86. The Kier molecular flexibility index (Phi) is 6.30. The predicted molar refractivity (Wildman–Crippen MR) is 86.2 cm³/mol. The largest absolute Gasteiger partial charge is 0.489 e. The molecule has 0 radical (unpaired) electrons. The van der Waals surface area contributed by atoms with Crippen LogP contribution in [-0.2, 0) is 13.0 Å². The Hall–Kier alpha value is -2.49. The van der Waals surface area contributed by atoms with Gasteiger partial charge in [0.05, 0.1) is 0 Å². The summed E-state index contributed by atoms with van der Waals surface area (Å²) in [5.41, 5.74) is 2.39. The van der Waals surface area contributed by atoms with Crippen LogP contribution in [0.3, 0.4) is 0 Å². The maximum Gasteiger partial charge on any atom is 0.404 e. The minimum absolute atomic E-state index is 0.508. The summed E-state index contributed by atoms with van der Waals surface area (Å²) in [5.74, 6) is 0.861. The van der Waals surface area contributed by atoms with Crippen molar-refractivity contribution >= 4 is 6.09 Å². The molecule has 2 aromatic rings. The molecule has 0 heterocycles. The van der Waals surface area contributed by atoms with E-state index in [9.17, 15) is 4.79 Å². The van der Waals surface area contributed by atoms with Crippen LogP contribution in [0.1, 0.15) is 24.0 Å². The number of carboxylic acid groups (broad SMARTS) is 1. The fraction of sp³-hybridized carbons (Fsp3) is 0.278. The molecule has 2 rings (SSSR count).